The highest BCUT2D eigenvalue weighted by atomic mass is 16.6. The Balaban J connectivity index is 1.66. The summed E-state index contributed by atoms with van der Waals surface area (Å²) in [4.78, 5) is 35.3. The van der Waals surface area contributed by atoms with Gasteiger partial charge in [-0.25, -0.2) is 4.79 Å². The van der Waals surface area contributed by atoms with Gasteiger partial charge in [0.05, 0.1) is 16.5 Å². The molecule has 0 unspecified atom stereocenters. The molecular formula is C21H22N2O5. The van der Waals surface area contributed by atoms with Crippen LogP contribution in [0.3, 0.4) is 0 Å². The predicted molar refractivity (Wildman–Crippen MR) is 103 cm³/mol. The number of nitro benzene ring substituents is 1. The zero-order valence-corrected chi connectivity index (χ0v) is 15.8. The first-order valence-electron chi connectivity index (χ1n) is 9.21. The van der Waals surface area contributed by atoms with Crippen molar-refractivity contribution in [3.63, 3.8) is 0 Å². The molecule has 0 heterocycles. The van der Waals surface area contributed by atoms with Crippen LogP contribution in [-0.4, -0.2) is 22.9 Å². The minimum absolute atomic E-state index is 0.0416. The second-order valence-electron chi connectivity index (χ2n) is 6.96. The maximum atomic E-state index is 12.5. The third-order valence-electron chi connectivity index (χ3n) is 4.98. The van der Waals surface area contributed by atoms with Crippen molar-refractivity contribution in [1.82, 2.24) is 5.32 Å². The zero-order chi connectivity index (χ0) is 20.3. The van der Waals surface area contributed by atoms with Gasteiger partial charge in [0.1, 0.15) is 0 Å². The Hall–Kier alpha value is -3.22. The van der Waals surface area contributed by atoms with E-state index in [1.165, 1.54) is 30.7 Å². The summed E-state index contributed by atoms with van der Waals surface area (Å²) in [5.74, 6) is -1.16. The third-order valence-corrected chi connectivity index (χ3v) is 4.98. The molecule has 1 aliphatic rings. The first kappa shape index (κ1) is 19.5. The number of hydrogen-bond acceptors (Lipinski definition) is 5. The van der Waals surface area contributed by atoms with Crippen molar-refractivity contribution in [3.8, 4) is 0 Å². The van der Waals surface area contributed by atoms with Gasteiger partial charge in [-0.05, 0) is 50.3 Å². The quantitative estimate of drug-likeness (QED) is 0.484. The number of fused-ring (bicyclic) bond motifs is 1. The van der Waals surface area contributed by atoms with Gasteiger partial charge in [-0.3, -0.25) is 14.9 Å². The Labute approximate surface area is 162 Å². The van der Waals surface area contributed by atoms with E-state index in [1.807, 2.05) is 18.2 Å². The monoisotopic (exact) mass is 382 g/mol. The van der Waals surface area contributed by atoms with Crippen LogP contribution >= 0.6 is 0 Å². The molecule has 7 nitrogen and oxygen atoms in total. The van der Waals surface area contributed by atoms with Crippen LogP contribution in [0.4, 0.5) is 5.69 Å². The molecule has 28 heavy (non-hydrogen) atoms. The molecule has 0 radical (unpaired) electrons. The Morgan fingerprint density at radius 1 is 1.25 bits per heavy atom. The van der Waals surface area contributed by atoms with Crippen LogP contribution in [0.5, 0.6) is 0 Å². The first-order chi connectivity index (χ1) is 13.4. The van der Waals surface area contributed by atoms with Gasteiger partial charge in [0.25, 0.3) is 11.6 Å². The van der Waals surface area contributed by atoms with E-state index in [4.69, 9.17) is 4.74 Å². The predicted octanol–water partition coefficient (Wildman–Crippen LogP) is 3.64. The second-order valence-corrected chi connectivity index (χ2v) is 6.96. The summed E-state index contributed by atoms with van der Waals surface area (Å²) in [5, 5.41) is 14.0. The number of nitrogens with one attached hydrogen (secondary N) is 1. The Morgan fingerprint density at radius 2 is 2.00 bits per heavy atom. The normalized spacial score (nSPS) is 16.6. The second kappa shape index (κ2) is 8.21. The van der Waals surface area contributed by atoms with Crippen LogP contribution in [0.1, 0.15) is 52.9 Å². The lowest BCUT2D eigenvalue weighted by molar-refractivity contribution is -0.385. The standard InChI is InChI=1S/C21H22N2O5/c1-13-10-11-16(12-19(13)23(26)27)21(25)28-14(2)20(24)22-18-9-5-7-15-6-3-4-8-17(15)18/h3-4,6,8,10-12,14,18H,5,7,9H2,1-2H3,(H,22,24)/t14-,18-/m1/s1. The molecule has 146 valence electrons. The number of hydrogen-bond donors (Lipinski definition) is 1. The number of amides is 1. The SMILES string of the molecule is Cc1ccc(C(=O)O[C@H](C)C(=O)N[C@@H]2CCCc3ccccc32)cc1[N+](=O)[O-]. The molecule has 0 saturated carbocycles. The molecule has 0 aromatic heterocycles. The molecule has 1 aliphatic carbocycles. The average molecular weight is 382 g/mol. The van der Waals surface area contributed by atoms with E-state index in [1.54, 1.807) is 6.92 Å². The molecule has 0 aliphatic heterocycles. The van der Waals surface area contributed by atoms with E-state index in [0.29, 0.717) is 5.56 Å². The lowest BCUT2D eigenvalue weighted by atomic mass is 9.87. The summed E-state index contributed by atoms with van der Waals surface area (Å²) in [6.45, 7) is 3.08. The molecule has 7 heteroatoms. The van der Waals surface area contributed by atoms with Crippen molar-refractivity contribution >= 4 is 17.6 Å². The maximum absolute atomic E-state index is 12.5. The summed E-state index contributed by atoms with van der Waals surface area (Å²) in [7, 11) is 0. The molecule has 2 aromatic rings. The minimum atomic E-state index is -1.01. The summed E-state index contributed by atoms with van der Waals surface area (Å²) in [6, 6.07) is 12.0. The highest BCUT2D eigenvalue weighted by Gasteiger charge is 2.26. The van der Waals surface area contributed by atoms with E-state index in [2.05, 4.69) is 11.4 Å². The van der Waals surface area contributed by atoms with Crippen molar-refractivity contribution in [1.29, 1.82) is 0 Å². The zero-order valence-electron chi connectivity index (χ0n) is 15.8. The number of carbonyl (C=O) groups excluding carboxylic acids is 2. The van der Waals surface area contributed by atoms with Crippen LogP contribution in [-0.2, 0) is 16.0 Å². The van der Waals surface area contributed by atoms with Gasteiger partial charge in [0, 0.05) is 11.6 Å². The number of ether oxygens (including phenoxy) is 1. The van der Waals surface area contributed by atoms with Gasteiger partial charge in [-0.1, -0.05) is 30.3 Å². The van der Waals surface area contributed by atoms with Gasteiger partial charge >= 0.3 is 5.97 Å². The van der Waals surface area contributed by atoms with Crippen LogP contribution in [0, 0.1) is 17.0 Å². The lowest BCUT2D eigenvalue weighted by Gasteiger charge is -2.27. The lowest BCUT2D eigenvalue weighted by Crippen LogP contribution is -2.39. The van der Waals surface area contributed by atoms with Gasteiger partial charge in [-0.2, -0.15) is 0 Å². The van der Waals surface area contributed by atoms with Gasteiger partial charge < -0.3 is 10.1 Å². The molecule has 0 spiro atoms. The topological polar surface area (TPSA) is 98.5 Å². The highest BCUT2D eigenvalue weighted by molar-refractivity contribution is 5.93. The van der Waals surface area contributed by atoms with Crippen molar-refractivity contribution in [2.45, 2.75) is 45.3 Å². The number of aryl methyl sites for hydroxylation is 2. The molecule has 2 aromatic carbocycles. The fraction of sp³-hybridized carbons (Fsp3) is 0.333. The summed E-state index contributed by atoms with van der Waals surface area (Å²) < 4.78 is 5.23. The van der Waals surface area contributed by atoms with Crippen molar-refractivity contribution < 1.29 is 19.2 Å². The van der Waals surface area contributed by atoms with Gasteiger partial charge in [0.2, 0.25) is 0 Å². The Bertz CT molecular complexity index is 925. The van der Waals surface area contributed by atoms with Crippen LogP contribution in [0.2, 0.25) is 0 Å². The van der Waals surface area contributed by atoms with E-state index < -0.39 is 22.9 Å². The Morgan fingerprint density at radius 3 is 2.75 bits per heavy atom. The number of esters is 1. The molecule has 1 amide bonds. The maximum Gasteiger partial charge on any atom is 0.339 e. The summed E-state index contributed by atoms with van der Waals surface area (Å²) >= 11 is 0. The fourth-order valence-electron chi connectivity index (χ4n) is 3.41. The third kappa shape index (κ3) is 4.19. The van der Waals surface area contributed by atoms with Gasteiger partial charge in [0.15, 0.2) is 6.10 Å². The van der Waals surface area contributed by atoms with Crippen LogP contribution < -0.4 is 5.32 Å². The highest BCUT2D eigenvalue weighted by Crippen LogP contribution is 2.29. The van der Waals surface area contributed by atoms with E-state index in [0.717, 1.165) is 24.8 Å². The average Bonchev–Trinajstić information content (AvgIpc) is 2.68. The number of benzene rings is 2. The number of rotatable bonds is 5. The molecular weight excluding hydrogens is 360 g/mol. The molecule has 0 fully saturated rings. The number of nitrogens with zero attached hydrogens (tertiary/aromatic N) is 1. The van der Waals surface area contributed by atoms with E-state index >= 15 is 0 Å². The largest absolute Gasteiger partial charge is 0.449 e. The van der Waals surface area contributed by atoms with Crippen LogP contribution in [0.25, 0.3) is 0 Å². The van der Waals surface area contributed by atoms with Crippen molar-refractivity contribution in [2.75, 3.05) is 0 Å². The molecule has 0 bridgehead atoms. The molecule has 2 atom stereocenters. The number of carbonyl (C=O) groups is 2. The minimum Gasteiger partial charge on any atom is -0.449 e. The summed E-state index contributed by atoms with van der Waals surface area (Å²) in [6.07, 6.45) is 1.78. The summed E-state index contributed by atoms with van der Waals surface area (Å²) in [5.41, 5.74) is 2.64. The van der Waals surface area contributed by atoms with E-state index in [9.17, 15) is 19.7 Å². The smallest absolute Gasteiger partial charge is 0.339 e. The fourth-order valence-corrected chi connectivity index (χ4v) is 3.41. The van der Waals surface area contributed by atoms with E-state index in [-0.39, 0.29) is 17.3 Å². The van der Waals surface area contributed by atoms with Crippen molar-refractivity contribution in [3.05, 3.63) is 74.8 Å². The molecule has 3 rings (SSSR count). The molecule has 1 N–H and O–H groups in total. The van der Waals surface area contributed by atoms with Crippen LogP contribution in [0.15, 0.2) is 42.5 Å². The Kier molecular flexibility index (Phi) is 5.73. The van der Waals surface area contributed by atoms with Gasteiger partial charge in [-0.15, -0.1) is 0 Å². The van der Waals surface area contributed by atoms with Crippen molar-refractivity contribution in [2.24, 2.45) is 0 Å². The molecule has 0 saturated heterocycles. The first-order valence-corrected chi connectivity index (χ1v) is 9.21. The number of nitro groups is 1.